The van der Waals surface area contributed by atoms with E-state index in [1.165, 1.54) is 22.4 Å². The zero-order chi connectivity index (χ0) is 35.6. The van der Waals surface area contributed by atoms with E-state index >= 15 is 0 Å². The van der Waals surface area contributed by atoms with Crippen molar-refractivity contribution in [3.05, 3.63) is 47.5 Å². The first-order valence-corrected chi connectivity index (χ1v) is 19.0. The van der Waals surface area contributed by atoms with Crippen molar-refractivity contribution >= 4 is 41.9 Å². The van der Waals surface area contributed by atoms with Gasteiger partial charge in [0.2, 0.25) is 11.8 Å². The van der Waals surface area contributed by atoms with Crippen molar-refractivity contribution in [1.82, 2.24) is 25.2 Å². The number of nitrogens with zero attached hydrogens (tertiary/aromatic N) is 2. The molecular formula is C37H51N5O7S. The molecule has 50 heavy (non-hydrogen) atoms. The minimum atomic E-state index is -1.12. The Balaban J connectivity index is 1.23. The maximum absolute atomic E-state index is 14.3. The number of carbonyl (C=O) groups is 5. The normalized spacial score (nSPS) is 30.7. The summed E-state index contributed by atoms with van der Waals surface area (Å²) in [5.41, 5.74) is 0.374. The van der Waals surface area contributed by atoms with Crippen LogP contribution in [0.4, 0.5) is 9.59 Å². The summed E-state index contributed by atoms with van der Waals surface area (Å²) in [4.78, 5) is 71.7. The van der Waals surface area contributed by atoms with E-state index in [1.54, 1.807) is 25.7 Å². The Bertz CT molecular complexity index is 1510. The van der Waals surface area contributed by atoms with Crippen molar-refractivity contribution in [2.75, 3.05) is 13.1 Å². The molecule has 0 aromatic heterocycles. The molecule has 3 heterocycles. The predicted molar refractivity (Wildman–Crippen MR) is 189 cm³/mol. The van der Waals surface area contributed by atoms with Gasteiger partial charge in [-0.25, -0.2) is 9.59 Å². The Morgan fingerprint density at radius 2 is 1.82 bits per heavy atom. The van der Waals surface area contributed by atoms with Gasteiger partial charge in [0.15, 0.2) is 0 Å². The summed E-state index contributed by atoms with van der Waals surface area (Å²) in [5.74, 6) is -1.21. The van der Waals surface area contributed by atoms with Crippen LogP contribution in [-0.2, 0) is 30.4 Å². The van der Waals surface area contributed by atoms with Gasteiger partial charge < -0.3 is 29.9 Å². The van der Waals surface area contributed by atoms with Crippen molar-refractivity contribution in [3.8, 4) is 0 Å². The third-order valence-corrected chi connectivity index (χ3v) is 11.3. The van der Waals surface area contributed by atoms with E-state index < -0.39 is 53.3 Å². The summed E-state index contributed by atoms with van der Waals surface area (Å²) in [5, 5.41) is 6.20. The van der Waals surface area contributed by atoms with Crippen LogP contribution in [0.3, 0.4) is 0 Å². The van der Waals surface area contributed by atoms with Crippen molar-refractivity contribution in [2.45, 2.75) is 133 Å². The Kier molecular flexibility index (Phi) is 10.7. The molecule has 2 aliphatic carbocycles. The number of fused-ring (bicyclic) bond motifs is 3. The highest BCUT2D eigenvalue weighted by molar-refractivity contribution is 7.98. The molecule has 2 saturated carbocycles. The number of nitrogens with one attached hydrogen (secondary N) is 3. The van der Waals surface area contributed by atoms with E-state index in [1.807, 2.05) is 24.3 Å². The van der Waals surface area contributed by atoms with Gasteiger partial charge in [-0.05, 0) is 88.3 Å². The fourth-order valence-corrected chi connectivity index (χ4v) is 8.07. The average Bonchev–Trinajstić information content (AvgIpc) is 3.97. The van der Waals surface area contributed by atoms with Gasteiger partial charge in [-0.3, -0.25) is 19.1 Å². The van der Waals surface area contributed by atoms with E-state index in [2.05, 4.69) is 34.4 Å². The summed E-state index contributed by atoms with van der Waals surface area (Å²) in [6.07, 6.45) is 8.28. The largest absolute Gasteiger partial charge is 0.444 e. The number of rotatable bonds is 5. The number of amides is 5. The molecule has 1 aromatic carbocycles. The highest BCUT2D eigenvalue weighted by Gasteiger charge is 2.61. The van der Waals surface area contributed by atoms with E-state index in [9.17, 15) is 24.0 Å². The first kappa shape index (κ1) is 36.1. The van der Waals surface area contributed by atoms with Gasteiger partial charge in [0.1, 0.15) is 29.3 Å². The van der Waals surface area contributed by atoms with Gasteiger partial charge >= 0.3 is 12.2 Å². The molecule has 5 amide bonds. The number of allylic oxidation sites excluding steroid dienone is 1. The second-order valence-electron chi connectivity index (χ2n) is 15.5. The summed E-state index contributed by atoms with van der Waals surface area (Å²) in [6.45, 7) is 8.20. The maximum Gasteiger partial charge on any atom is 0.410 e. The van der Waals surface area contributed by atoms with Gasteiger partial charge in [-0.15, -0.1) is 0 Å². The molecule has 272 valence electrons. The Morgan fingerprint density at radius 1 is 1.04 bits per heavy atom. The molecule has 3 N–H and O–H groups in total. The van der Waals surface area contributed by atoms with Crippen LogP contribution in [0.2, 0.25) is 0 Å². The molecule has 0 radical (unpaired) electrons. The van der Waals surface area contributed by atoms with Crippen molar-refractivity contribution < 1.29 is 33.4 Å². The van der Waals surface area contributed by atoms with Crippen LogP contribution in [0.25, 0.3) is 0 Å². The van der Waals surface area contributed by atoms with Gasteiger partial charge in [-0.2, -0.15) is 0 Å². The molecule has 5 aliphatic rings. The fraction of sp³-hybridized carbons (Fsp3) is 0.649. The Hall–Kier alpha value is -3.74. The van der Waals surface area contributed by atoms with Crippen LogP contribution in [0, 0.1) is 5.92 Å². The minimum Gasteiger partial charge on any atom is -0.444 e. The quantitative estimate of drug-likeness (QED) is 0.289. The number of ether oxygens (including phenoxy) is 2. The first-order valence-electron chi connectivity index (χ1n) is 18.1. The monoisotopic (exact) mass is 709 g/mol. The third-order valence-electron chi connectivity index (χ3n) is 10.1. The van der Waals surface area contributed by atoms with Crippen LogP contribution in [0.1, 0.15) is 103 Å². The molecule has 1 aromatic rings. The molecule has 3 fully saturated rings. The molecule has 0 spiro atoms. The van der Waals surface area contributed by atoms with Crippen molar-refractivity contribution in [2.24, 2.45) is 5.92 Å². The summed E-state index contributed by atoms with van der Waals surface area (Å²) in [6, 6.07) is 6.07. The van der Waals surface area contributed by atoms with E-state index in [0.29, 0.717) is 37.6 Å². The lowest BCUT2D eigenvalue weighted by molar-refractivity contribution is -0.141. The third kappa shape index (κ3) is 8.58. The number of hydrogen-bond donors (Lipinski definition) is 3. The van der Waals surface area contributed by atoms with E-state index in [-0.39, 0.29) is 30.7 Å². The first-order chi connectivity index (χ1) is 23.8. The summed E-state index contributed by atoms with van der Waals surface area (Å²) in [7, 11) is 0. The van der Waals surface area contributed by atoms with Crippen LogP contribution in [0.15, 0.2) is 36.4 Å². The number of benzene rings is 1. The van der Waals surface area contributed by atoms with Crippen LogP contribution in [0.5, 0.6) is 0 Å². The lowest BCUT2D eigenvalue weighted by Crippen LogP contribution is -2.57. The standard InChI is InChI=1S/C37H51N5O7S/c1-23-20-41(21-24-12-10-11-14-28(23)24)35(47)48-26-18-30-31(43)39-37(33(45)40-50-27-16-17-27)19-25(37)13-8-6-5-7-9-15-29(32(44)42(30)22-26)38-34(46)49-36(2,3)4/h8,10-14,23,25-27,29-30H,5-7,9,15-22H2,1-4H3,(H,38,46)(H,39,43)(H,40,45)/b13-8-/t23-,25-,26-,29+,30+,37-/m1/s1. The smallest absolute Gasteiger partial charge is 0.410 e. The average molecular weight is 710 g/mol. The summed E-state index contributed by atoms with van der Waals surface area (Å²) >= 11 is 1.40. The number of carbonyl (C=O) groups excluding carboxylic acids is 5. The fourth-order valence-electron chi connectivity index (χ4n) is 7.24. The number of alkyl carbamates (subject to hydrolysis) is 1. The van der Waals surface area contributed by atoms with Crippen LogP contribution in [-0.4, -0.2) is 87.4 Å². The zero-order valence-corrected chi connectivity index (χ0v) is 30.4. The van der Waals surface area contributed by atoms with Gasteiger partial charge in [-0.1, -0.05) is 56.2 Å². The Labute approximate surface area is 298 Å². The van der Waals surface area contributed by atoms with E-state index in [4.69, 9.17) is 9.47 Å². The van der Waals surface area contributed by atoms with Crippen LogP contribution < -0.4 is 15.4 Å². The number of hydrogen-bond acceptors (Lipinski definition) is 8. The predicted octanol–water partition coefficient (Wildman–Crippen LogP) is 4.93. The Morgan fingerprint density at radius 3 is 2.58 bits per heavy atom. The van der Waals surface area contributed by atoms with Crippen LogP contribution >= 0.6 is 11.9 Å². The molecule has 1 saturated heterocycles. The topological polar surface area (TPSA) is 146 Å². The minimum absolute atomic E-state index is 0.0187. The van der Waals surface area contributed by atoms with Gasteiger partial charge in [0.05, 0.1) is 6.54 Å². The molecular weight excluding hydrogens is 659 g/mol. The second-order valence-corrected chi connectivity index (χ2v) is 16.6. The molecule has 6 atom stereocenters. The second kappa shape index (κ2) is 14.9. The van der Waals surface area contributed by atoms with Crippen molar-refractivity contribution in [1.29, 1.82) is 0 Å². The van der Waals surface area contributed by atoms with Gasteiger partial charge in [0.25, 0.3) is 5.91 Å². The van der Waals surface area contributed by atoms with E-state index in [0.717, 1.165) is 37.7 Å². The SMILES string of the molecule is C[C@@H]1CN(C(=O)O[C@@H]2C[C@H]3C(=O)N[C@]4(C(=O)NSC5CC5)C[C@H]4/C=C\CCCCC[C@H](NC(=O)OC(C)(C)C)C(=O)N3C2)Cc2ccccc21. The van der Waals surface area contributed by atoms with Crippen molar-refractivity contribution in [3.63, 3.8) is 0 Å². The lowest BCUT2D eigenvalue weighted by atomic mass is 9.91. The molecule has 3 aliphatic heterocycles. The maximum atomic E-state index is 14.3. The highest BCUT2D eigenvalue weighted by atomic mass is 32.2. The molecule has 0 unspecified atom stereocenters. The summed E-state index contributed by atoms with van der Waals surface area (Å²) < 4.78 is 14.5. The molecule has 13 heteroatoms. The molecule has 12 nitrogen and oxygen atoms in total. The zero-order valence-electron chi connectivity index (χ0n) is 29.6. The van der Waals surface area contributed by atoms with Gasteiger partial charge in [0, 0.05) is 30.7 Å². The highest BCUT2D eigenvalue weighted by Crippen LogP contribution is 2.46. The molecule has 0 bridgehead atoms. The molecule has 6 rings (SSSR count). The lowest BCUT2D eigenvalue weighted by Gasteiger charge is -2.33.